The molecule has 0 aliphatic heterocycles. The molecule has 0 aromatic carbocycles. The van der Waals surface area contributed by atoms with E-state index in [-0.39, 0.29) is 37.4 Å². The molecule has 0 aliphatic rings. The molecular weight excluding hydrogens is 215 g/mol. The van der Waals surface area contributed by atoms with Crippen molar-refractivity contribution in [3.05, 3.63) is 13.8 Å². The molecule has 2 heteroatoms. The first-order chi connectivity index (χ1) is 5.54. The third-order valence-electron chi connectivity index (χ3n) is 1.56. The molecule has 0 atom stereocenters. The van der Waals surface area contributed by atoms with Crippen LogP contribution in [0.1, 0.15) is 54.8 Å². The maximum absolute atomic E-state index is 3.73. The maximum atomic E-state index is 3.73. The molecule has 0 nitrogen and oxygen atoms in total. The number of hydrogen-bond donors (Lipinski definition) is 0. The Morgan fingerprint density at radius 1 is 0.857 bits per heavy atom. The SMILES string of the molecule is [CH2-]CCC(C)C.[CH2-]CCC(C)C.[Cu+2].[H-].[Li+]. The van der Waals surface area contributed by atoms with Crippen molar-refractivity contribution in [1.29, 1.82) is 0 Å². The molecule has 14 heavy (non-hydrogen) atoms. The van der Waals surface area contributed by atoms with Gasteiger partial charge in [-0.05, 0) is 11.8 Å². The maximum Gasteiger partial charge on any atom is 2.00 e. The van der Waals surface area contributed by atoms with Crippen LogP contribution >= 0.6 is 0 Å². The van der Waals surface area contributed by atoms with Gasteiger partial charge < -0.3 is 15.3 Å². The van der Waals surface area contributed by atoms with E-state index in [9.17, 15) is 0 Å². The summed E-state index contributed by atoms with van der Waals surface area (Å²) in [4.78, 5) is 0. The first kappa shape index (κ1) is 24.4. The Bertz CT molecular complexity index is 68.0. The summed E-state index contributed by atoms with van der Waals surface area (Å²) in [7, 11) is 0. The Hall–Kier alpha value is 1.12. The van der Waals surface area contributed by atoms with Crippen molar-refractivity contribution in [2.24, 2.45) is 11.8 Å². The molecule has 0 spiro atoms. The van der Waals surface area contributed by atoms with Crippen molar-refractivity contribution in [2.75, 3.05) is 0 Å². The Kier molecular flexibility index (Phi) is 34.2. The van der Waals surface area contributed by atoms with Gasteiger partial charge in [0.2, 0.25) is 0 Å². The van der Waals surface area contributed by atoms with Crippen molar-refractivity contribution >= 4 is 0 Å². The molecule has 0 unspecified atom stereocenters. The van der Waals surface area contributed by atoms with Crippen LogP contribution < -0.4 is 18.9 Å². The van der Waals surface area contributed by atoms with E-state index in [0.29, 0.717) is 0 Å². The monoisotopic (exact) mass is 241 g/mol. The normalized spacial score (nSPS) is 8.57. The average Bonchev–Trinajstić information content (AvgIpc) is 1.87. The summed E-state index contributed by atoms with van der Waals surface area (Å²) in [5.41, 5.74) is 0. The molecule has 1 radical (unpaired) electrons. The van der Waals surface area contributed by atoms with Crippen molar-refractivity contribution in [3.8, 4) is 0 Å². The van der Waals surface area contributed by atoms with Crippen LogP contribution in [0, 0.1) is 25.7 Å². The zero-order chi connectivity index (χ0) is 9.98. The van der Waals surface area contributed by atoms with Gasteiger partial charge in [-0.2, -0.15) is 12.8 Å². The number of rotatable bonds is 4. The molecule has 0 saturated heterocycles. The Morgan fingerprint density at radius 3 is 1.07 bits per heavy atom. The van der Waals surface area contributed by atoms with E-state index >= 15 is 0 Å². The number of hydrogen-bond acceptors (Lipinski definition) is 0. The zero-order valence-corrected chi connectivity index (χ0v) is 11.6. The minimum Gasteiger partial charge on any atom is -1.00 e. The van der Waals surface area contributed by atoms with E-state index in [1.54, 1.807) is 0 Å². The van der Waals surface area contributed by atoms with Crippen molar-refractivity contribution in [3.63, 3.8) is 0 Å². The van der Waals surface area contributed by atoms with Gasteiger partial charge in [0.1, 0.15) is 0 Å². The Morgan fingerprint density at radius 2 is 1.07 bits per heavy atom. The molecule has 0 fully saturated rings. The van der Waals surface area contributed by atoms with Gasteiger partial charge in [-0.1, -0.05) is 40.5 Å². The van der Waals surface area contributed by atoms with Gasteiger partial charge in [0.15, 0.2) is 0 Å². The summed E-state index contributed by atoms with van der Waals surface area (Å²) < 4.78 is 0. The van der Waals surface area contributed by atoms with Crippen molar-refractivity contribution < 1.29 is 37.4 Å². The van der Waals surface area contributed by atoms with Gasteiger partial charge in [0.05, 0.1) is 0 Å². The van der Waals surface area contributed by atoms with Crippen LogP contribution in [-0.4, -0.2) is 0 Å². The molecule has 0 aromatic rings. The van der Waals surface area contributed by atoms with Gasteiger partial charge >= 0.3 is 35.9 Å². The van der Waals surface area contributed by atoms with Crippen LogP contribution in [0.3, 0.4) is 0 Å². The Balaban J connectivity index is -0.0000000370. The Labute approximate surface area is 116 Å². The summed E-state index contributed by atoms with van der Waals surface area (Å²) >= 11 is 0. The second kappa shape index (κ2) is 19.7. The van der Waals surface area contributed by atoms with Gasteiger partial charge in [-0.15, -0.1) is 0 Å². The van der Waals surface area contributed by atoms with Crippen LogP contribution in [-0.2, 0) is 17.1 Å². The van der Waals surface area contributed by atoms with Gasteiger partial charge in [-0.25, -0.2) is 0 Å². The summed E-state index contributed by atoms with van der Waals surface area (Å²) in [5.74, 6) is 1.67. The van der Waals surface area contributed by atoms with Gasteiger partial charge in [-0.3, -0.25) is 0 Å². The largest absolute Gasteiger partial charge is 2.00 e. The quantitative estimate of drug-likeness (QED) is 0.519. The molecule has 0 heterocycles. The first-order valence-electron chi connectivity index (χ1n) is 5.13. The van der Waals surface area contributed by atoms with Crippen LogP contribution in [0.4, 0.5) is 0 Å². The standard InChI is InChI=1S/2C6H13.Cu.Li.H/c2*1-4-5-6(2)3;;;/h2*6H,1,4-5H2,2-3H3;;;/q2*-1;+2;+1;-1. The van der Waals surface area contributed by atoms with Crippen molar-refractivity contribution in [2.45, 2.75) is 53.4 Å². The van der Waals surface area contributed by atoms with Crippen LogP contribution in [0.2, 0.25) is 0 Å². The molecule has 0 rings (SSSR count). The molecule has 0 N–H and O–H groups in total. The van der Waals surface area contributed by atoms with E-state index in [1.807, 2.05) is 0 Å². The average molecular weight is 242 g/mol. The molecular formula is C12H27CuLi. The smallest absolute Gasteiger partial charge is 1.00 e. The fourth-order valence-electron chi connectivity index (χ4n) is 0.816. The minimum absolute atomic E-state index is 0. The fraction of sp³-hybridized carbons (Fsp3) is 0.833. The second-order valence-electron chi connectivity index (χ2n) is 4.07. The van der Waals surface area contributed by atoms with Gasteiger partial charge in [0, 0.05) is 0 Å². The summed E-state index contributed by atoms with van der Waals surface area (Å²) in [5, 5.41) is 0. The molecule has 0 bridgehead atoms. The van der Waals surface area contributed by atoms with E-state index in [1.165, 1.54) is 12.8 Å². The van der Waals surface area contributed by atoms with Crippen LogP contribution in [0.25, 0.3) is 0 Å². The summed E-state index contributed by atoms with van der Waals surface area (Å²) in [6.07, 6.45) is 4.69. The first-order valence-corrected chi connectivity index (χ1v) is 5.13. The molecule has 0 aliphatic carbocycles. The van der Waals surface area contributed by atoms with E-state index in [2.05, 4.69) is 41.5 Å². The van der Waals surface area contributed by atoms with Gasteiger partial charge in [0.25, 0.3) is 0 Å². The van der Waals surface area contributed by atoms with E-state index in [0.717, 1.165) is 24.7 Å². The third kappa shape index (κ3) is 38.0. The molecule has 87 valence electrons. The van der Waals surface area contributed by atoms with Crippen LogP contribution in [0.5, 0.6) is 0 Å². The summed E-state index contributed by atoms with van der Waals surface area (Å²) in [6, 6.07) is 0. The minimum atomic E-state index is 0. The predicted octanol–water partition coefficient (Wildman–Crippen LogP) is 1.63. The predicted molar refractivity (Wildman–Crippen MR) is 60.0 cm³/mol. The molecule has 0 amide bonds. The molecule has 0 saturated carbocycles. The van der Waals surface area contributed by atoms with E-state index in [4.69, 9.17) is 0 Å². The topological polar surface area (TPSA) is 0 Å². The zero-order valence-electron chi connectivity index (χ0n) is 11.7. The third-order valence-corrected chi connectivity index (χ3v) is 1.56. The van der Waals surface area contributed by atoms with Crippen molar-refractivity contribution in [1.82, 2.24) is 0 Å². The fourth-order valence-corrected chi connectivity index (χ4v) is 0.816. The second-order valence-corrected chi connectivity index (χ2v) is 4.07. The summed E-state index contributed by atoms with van der Waals surface area (Å²) in [6.45, 7) is 16.3. The molecule has 0 aromatic heterocycles. The van der Waals surface area contributed by atoms with E-state index < -0.39 is 0 Å². The van der Waals surface area contributed by atoms with Crippen LogP contribution in [0.15, 0.2) is 0 Å².